The number of guanidine groups is 1. The van der Waals surface area contributed by atoms with Crippen LogP contribution in [0.15, 0.2) is 23.2 Å². The number of hydrogen-bond donors (Lipinski definition) is 1. The minimum Gasteiger partial charge on any atom is -0.490 e. The molecule has 0 bridgehead atoms. The number of ether oxygens (including phenoxy) is 1. The summed E-state index contributed by atoms with van der Waals surface area (Å²) in [6.45, 7) is 12.7. The van der Waals surface area contributed by atoms with Gasteiger partial charge in [0.25, 0.3) is 0 Å². The highest BCUT2D eigenvalue weighted by Gasteiger charge is 2.08. The van der Waals surface area contributed by atoms with Crippen LogP contribution in [0.1, 0.15) is 45.2 Å². The average molecular weight is 291 g/mol. The van der Waals surface area contributed by atoms with Gasteiger partial charge in [0.2, 0.25) is 0 Å². The van der Waals surface area contributed by atoms with Crippen LogP contribution < -0.4 is 10.5 Å². The van der Waals surface area contributed by atoms with Crippen molar-refractivity contribution in [3.8, 4) is 5.75 Å². The summed E-state index contributed by atoms with van der Waals surface area (Å²) in [4.78, 5) is 6.55. The second-order valence-electron chi connectivity index (χ2n) is 5.29. The van der Waals surface area contributed by atoms with Gasteiger partial charge in [0.05, 0.1) is 12.6 Å². The molecule has 0 amide bonds. The van der Waals surface area contributed by atoms with Crippen LogP contribution in [0.2, 0.25) is 0 Å². The van der Waals surface area contributed by atoms with E-state index in [1.807, 2.05) is 4.90 Å². The number of rotatable bonds is 7. The van der Waals surface area contributed by atoms with Gasteiger partial charge in [-0.25, -0.2) is 4.99 Å². The largest absolute Gasteiger partial charge is 0.490 e. The van der Waals surface area contributed by atoms with Crippen LogP contribution in [0.3, 0.4) is 0 Å². The molecule has 0 spiro atoms. The zero-order valence-electron chi connectivity index (χ0n) is 14.0. The first kappa shape index (κ1) is 17.3. The van der Waals surface area contributed by atoms with Crippen molar-refractivity contribution in [3.05, 3.63) is 29.3 Å². The van der Waals surface area contributed by atoms with Gasteiger partial charge in [-0.1, -0.05) is 19.1 Å². The minimum absolute atomic E-state index is 0.203. The van der Waals surface area contributed by atoms with Gasteiger partial charge in [-0.3, -0.25) is 0 Å². The Hall–Kier alpha value is -1.71. The van der Waals surface area contributed by atoms with Crippen molar-refractivity contribution < 1.29 is 4.74 Å². The average Bonchev–Trinajstić information content (AvgIpc) is 2.47. The lowest BCUT2D eigenvalue weighted by atomic mass is 10.1. The van der Waals surface area contributed by atoms with Gasteiger partial charge >= 0.3 is 0 Å². The van der Waals surface area contributed by atoms with E-state index in [4.69, 9.17) is 10.5 Å². The Morgan fingerprint density at radius 1 is 1.29 bits per heavy atom. The first-order valence-electron chi connectivity index (χ1n) is 7.82. The molecule has 1 rings (SSSR count). The van der Waals surface area contributed by atoms with Gasteiger partial charge in [0, 0.05) is 18.7 Å². The summed E-state index contributed by atoms with van der Waals surface area (Å²) < 4.78 is 6.00. The molecule has 0 aliphatic heterocycles. The van der Waals surface area contributed by atoms with Crippen LogP contribution in [0.5, 0.6) is 5.75 Å². The van der Waals surface area contributed by atoms with E-state index in [9.17, 15) is 0 Å². The first-order valence-corrected chi connectivity index (χ1v) is 7.82. The van der Waals surface area contributed by atoms with E-state index in [1.54, 1.807) is 0 Å². The summed E-state index contributed by atoms with van der Waals surface area (Å²) in [6.07, 6.45) is 1.19. The number of aliphatic imine (C=N–C) groups is 1. The van der Waals surface area contributed by atoms with Gasteiger partial charge in [-0.2, -0.15) is 0 Å². The highest BCUT2D eigenvalue weighted by molar-refractivity contribution is 5.78. The summed E-state index contributed by atoms with van der Waals surface area (Å²) in [7, 11) is 0. The lowest BCUT2D eigenvalue weighted by Gasteiger charge is -2.20. The normalized spacial score (nSPS) is 13.1. The predicted octanol–water partition coefficient (Wildman–Crippen LogP) is 3.33. The molecule has 0 saturated carbocycles. The Morgan fingerprint density at radius 2 is 1.95 bits per heavy atom. The van der Waals surface area contributed by atoms with Crippen molar-refractivity contribution in [2.45, 2.75) is 53.7 Å². The van der Waals surface area contributed by atoms with Crippen LogP contribution in [0.4, 0.5) is 0 Å². The van der Waals surface area contributed by atoms with Gasteiger partial charge in [0.15, 0.2) is 5.96 Å². The summed E-state index contributed by atoms with van der Waals surface area (Å²) in [5.41, 5.74) is 8.30. The van der Waals surface area contributed by atoms with E-state index >= 15 is 0 Å². The lowest BCUT2D eigenvalue weighted by molar-refractivity contribution is 0.215. The van der Waals surface area contributed by atoms with E-state index in [0.29, 0.717) is 12.5 Å². The molecule has 0 aromatic heterocycles. The number of aryl methyl sites for hydroxylation is 1. The third-order valence-electron chi connectivity index (χ3n) is 3.62. The maximum Gasteiger partial charge on any atom is 0.191 e. The monoisotopic (exact) mass is 291 g/mol. The molecule has 0 aliphatic carbocycles. The van der Waals surface area contributed by atoms with Crippen LogP contribution >= 0.6 is 0 Å². The molecule has 118 valence electrons. The second-order valence-corrected chi connectivity index (χ2v) is 5.29. The molecule has 0 radical (unpaired) electrons. The highest BCUT2D eigenvalue weighted by Crippen LogP contribution is 2.23. The van der Waals surface area contributed by atoms with E-state index in [2.05, 4.69) is 57.8 Å². The maximum absolute atomic E-state index is 6.03. The van der Waals surface area contributed by atoms with Crippen molar-refractivity contribution in [1.29, 1.82) is 0 Å². The third kappa shape index (κ3) is 5.29. The Balaban J connectivity index is 2.89. The van der Waals surface area contributed by atoms with Crippen molar-refractivity contribution in [2.24, 2.45) is 10.7 Å². The van der Waals surface area contributed by atoms with Gasteiger partial charge < -0.3 is 15.4 Å². The number of hydrogen-bond acceptors (Lipinski definition) is 2. The summed E-state index contributed by atoms with van der Waals surface area (Å²) >= 11 is 0. The van der Waals surface area contributed by atoms with Crippen molar-refractivity contribution in [1.82, 2.24) is 4.90 Å². The van der Waals surface area contributed by atoms with Crippen molar-refractivity contribution in [2.75, 3.05) is 13.1 Å². The molecule has 2 N–H and O–H groups in total. The summed E-state index contributed by atoms with van der Waals surface area (Å²) in [5.74, 6) is 1.51. The maximum atomic E-state index is 6.03. The van der Waals surface area contributed by atoms with E-state index < -0.39 is 0 Å². The summed E-state index contributed by atoms with van der Waals surface area (Å²) in [5, 5.41) is 0. The quantitative estimate of drug-likeness (QED) is 0.619. The molecule has 1 aromatic carbocycles. The zero-order valence-corrected chi connectivity index (χ0v) is 14.0. The molecular formula is C17H29N3O. The minimum atomic E-state index is 0.203. The van der Waals surface area contributed by atoms with Gasteiger partial charge in [-0.15, -0.1) is 0 Å². The van der Waals surface area contributed by atoms with Crippen LogP contribution in [-0.4, -0.2) is 30.1 Å². The Labute approximate surface area is 129 Å². The smallest absolute Gasteiger partial charge is 0.191 e. The molecular weight excluding hydrogens is 262 g/mol. The lowest BCUT2D eigenvalue weighted by Crippen LogP contribution is -2.37. The molecule has 4 heteroatoms. The van der Waals surface area contributed by atoms with E-state index in [0.717, 1.165) is 30.8 Å². The molecule has 1 unspecified atom stereocenters. The van der Waals surface area contributed by atoms with E-state index in [-0.39, 0.29) is 6.10 Å². The molecule has 21 heavy (non-hydrogen) atoms. The molecule has 0 aliphatic rings. The van der Waals surface area contributed by atoms with Crippen LogP contribution in [0.25, 0.3) is 0 Å². The van der Waals surface area contributed by atoms with Gasteiger partial charge in [0.1, 0.15) is 5.75 Å². The third-order valence-corrected chi connectivity index (χ3v) is 3.62. The molecule has 0 heterocycles. The molecule has 1 atom stereocenters. The molecule has 0 fully saturated rings. The topological polar surface area (TPSA) is 50.9 Å². The Bertz CT molecular complexity index is 467. The van der Waals surface area contributed by atoms with Crippen molar-refractivity contribution in [3.63, 3.8) is 0 Å². The second kappa shape index (κ2) is 8.55. The van der Waals surface area contributed by atoms with E-state index in [1.165, 1.54) is 5.56 Å². The first-order chi connectivity index (χ1) is 10.0. The molecule has 0 saturated heterocycles. The number of nitrogens with zero attached hydrogens (tertiary/aromatic N) is 2. The fourth-order valence-electron chi connectivity index (χ4n) is 2.02. The number of benzene rings is 1. The number of nitrogens with two attached hydrogens (primary N) is 1. The Morgan fingerprint density at radius 3 is 2.52 bits per heavy atom. The summed E-state index contributed by atoms with van der Waals surface area (Å²) in [6, 6.07) is 6.23. The fourth-order valence-corrected chi connectivity index (χ4v) is 2.02. The van der Waals surface area contributed by atoms with Crippen LogP contribution in [-0.2, 0) is 6.54 Å². The molecule has 4 nitrogen and oxygen atoms in total. The standard InChI is InChI=1S/C17H29N3O/c1-6-14(5)21-16-11-13(4)9-10-15(16)12-19-17(18)20(7-2)8-3/h9-11,14H,6-8,12H2,1-5H3,(H2,18,19). The molecule has 1 aromatic rings. The Kier molecular flexibility index (Phi) is 7.06. The van der Waals surface area contributed by atoms with Gasteiger partial charge in [-0.05, 0) is 45.7 Å². The SMILES string of the molecule is CCC(C)Oc1cc(C)ccc1CN=C(N)N(CC)CC. The fraction of sp³-hybridized carbons (Fsp3) is 0.588. The highest BCUT2D eigenvalue weighted by atomic mass is 16.5. The van der Waals surface area contributed by atoms with Crippen LogP contribution in [0, 0.1) is 6.92 Å². The predicted molar refractivity (Wildman–Crippen MR) is 89.8 cm³/mol. The van der Waals surface area contributed by atoms with Crippen molar-refractivity contribution >= 4 is 5.96 Å². The zero-order chi connectivity index (χ0) is 15.8.